The lowest BCUT2D eigenvalue weighted by Gasteiger charge is -2.34. The van der Waals surface area contributed by atoms with E-state index in [9.17, 15) is 0 Å². The summed E-state index contributed by atoms with van der Waals surface area (Å²) in [6.07, 6.45) is 0. The maximum atomic E-state index is 4.68. The van der Waals surface area contributed by atoms with Crippen molar-refractivity contribution in [1.29, 1.82) is 0 Å². The lowest BCUT2D eigenvalue weighted by molar-refractivity contribution is 0.469. The van der Waals surface area contributed by atoms with Crippen LogP contribution in [0.4, 0.5) is 0 Å². The van der Waals surface area contributed by atoms with Crippen molar-refractivity contribution in [1.82, 2.24) is 29.9 Å². The maximum absolute atomic E-state index is 4.68. The minimum atomic E-state index is -0.140. The molecule has 2 aromatic heterocycles. The van der Waals surface area contributed by atoms with Crippen LogP contribution in [0.15, 0.2) is 449 Å². The van der Waals surface area contributed by atoms with Crippen molar-refractivity contribution in [3.05, 3.63) is 460 Å². The zero-order valence-electron chi connectivity index (χ0n) is 78.4. The Morgan fingerprint density at radius 1 is 0.136 bits per heavy atom. The molecule has 0 saturated carbocycles. The molecule has 0 radical (unpaired) electrons. The molecule has 0 aliphatic carbocycles. The molecule has 6 nitrogen and oxygen atoms in total. The van der Waals surface area contributed by atoms with Crippen molar-refractivity contribution in [3.63, 3.8) is 0 Å². The molecule has 6 heteroatoms. The van der Waals surface area contributed by atoms with Crippen molar-refractivity contribution >= 4 is 21.5 Å². The highest BCUT2D eigenvalue weighted by Gasteiger charge is 2.33. The van der Waals surface area contributed by atoms with Gasteiger partial charge < -0.3 is 0 Å². The van der Waals surface area contributed by atoms with E-state index in [2.05, 4.69) is 357 Å². The van der Waals surface area contributed by atoms with Crippen LogP contribution in [0, 0.1) is 10.8 Å². The van der Waals surface area contributed by atoms with Gasteiger partial charge >= 0.3 is 0 Å². The highest BCUT2D eigenvalue weighted by molar-refractivity contribution is 6.16. The van der Waals surface area contributed by atoms with Crippen LogP contribution < -0.4 is 0 Å². The minimum Gasteiger partial charge on any atom is -0.208 e. The second-order valence-corrected chi connectivity index (χ2v) is 36.8. The van der Waals surface area contributed by atoms with Crippen LogP contribution in [0.5, 0.6) is 0 Å². The van der Waals surface area contributed by atoms with Gasteiger partial charge in [-0.15, -0.1) is 0 Å². The summed E-state index contributed by atoms with van der Waals surface area (Å²) in [5.74, 6) is 4.10. The highest BCUT2D eigenvalue weighted by atomic mass is 15.0. The van der Waals surface area contributed by atoms with Gasteiger partial charge in [-0.3, -0.25) is 0 Å². The van der Waals surface area contributed by atoms with Gasteiger partial charge in [0, 0.05) is 33.4 Å². The highest BCUT2D eigenvalue weighted by Crippen LogP contribution is 2.56. The summed E-state index contributed by atoms with van der Waals surface area (Å²) in [5, 5.41) is 5.41. The summed E-state index contributed by atoms with van der Waals surface area (Å²) in [6.45, 7) is 35.5. The molecule has 0 spiro atoms. The number of hydrogen-bond donors (Lipinski definition) is 0. The summed E-state index contributed by atoms with van der Waals surface area (Å²) in [5.41, 5.74) is 24.8. The molecule has 132 heavy (non-hydrogen) atoms. The minimum absolute atomic E-state index is 0. The summed E-state index contributed by atoms with van der Waals surface area (Å²) in [4.78, 5) is 28.1. The number of benzene rings is 17. The Morgan fingerprint density at radius 3 is 0.424 bits per heavy atom. The first kappa shape index (κ1) is 99.4. The largest absolute Gasteiger partial charge is 0.208 e. The first-order valence-electron chi connectivity index (χ1n) is 45.3. The van der Waals surface area contributed by atoms with Crippen molar-refractivity contribution < 1.29 is 0 Å². The normalized spacial score (nSPS) is 10.8. The Kier molecular flexibility index (Phi) is 36.2. The third-order valence-electron chi connectivity index (χ3n) is 20.4. The molecule has 0 bridgehead atoms. The van der Waals surface area contributed by atoms with Gasteiger partial charge in [-0.05, 0) is 121 Å². The number of fused-ring (bicyclic) bond motifs is 2. The molecule has 0 aliphatic heterocycles. The average Bonchev–Trinajstić information content (AvgIpc) is 0.819. The van der Waals surface area contributed by atoms with E-state index in [0.717, 1.165) is 33.4 Å². The quantitative estimate of drug-likeness (QED) is 0.113. The van der Waals surface area contributed by atoms with E-state index in [1.807, 2.05) is 232 Å². The smallest absolute Gasteiger partial charge is 0.164 e. The van der Waals surface area contributed by atoms with Crippen molar-refractivity contribution in [2.75, 3.05) is 0 Å². The van der Waals surface area contributed by atoms with Crippen molar-refractivity contribution in [2.24, 2.45) is 10.8 Å². The first-order chi connectivity index (χ1) is 62.9. The third-order valence-corrected chi connectivity index (χ3v) is 20.4. The summed E-state index contributed by atoms with van der Waals surface area (Å²) in [6, 6.07) is 155. The zero-order chi connectivity index (χ0) is 91.9. The number of rotatable bonds is 12. The second-order valence-electron chi connectivity index (χ2n) is 36.8. The molecule has 0 aliphatic rings. The topological polar surface area (TPSA) is 77.3 Å². The van der Waals surface area contributed by atoms with Gasteiger partial charge in [0.05, 0.1) is 0 Å². The standard InChI is InChI=1S/C40H34.C24H22.2C21H15N3.C6H6.2C5H12.C2H6.2CH4/c1-40(2,3)39-37(32-25-15-7-16-26-32)35(30-21-11-5-12-22-30)34(29-19-9-4-10-20-29)36(31-23-13-6-14-24-31)38(39)33-27-17-8-18-28-33;1-24(2,3)23-20-15-9-7-13-18(20)22(17-11-5-4-6-12-17)19-14-8-10-16-21(19)23;2*1-4-10-16(11-5-1)19-22-20(17-12-6-2-7-13-17)24-21(23-19)18-14-8-3-9-15-18;1-2-4-6-5-3-1;2*1-5(2,3)4;1-2;;/h4-28H,1-3H3;4-16H,1-3H3;2*1-15H;1-6H;2*1-4H3;1-2H3;2*1H4. The van der Waals surface area contributed by atoms with Crippen molar-refractivity contribution in [3.8, 4) is 135 Å². The van der Waals surface area contributed by atoms with E-state index < -0.39 is 0 Å². The monoisotopic (exact) mass is 1730 g/mol. The molecular formula is C126H130N6. The lowest BCUT2D eigenvalue weighted by atomic mass is 9.69. The molecule has 19 rings (SSSR count). The molecule has 664 valence electrons. The van der Waals surface area contributed by atoms with Gasteiger partial charge in [-0.25, -0.2) is 29.9 Å². The van der Waals surface area contributed by atoms with Crippen LogP contribution in [-0.2, 0) is 10.8 Å². The molecule has 0 fully saturated rings. The fraction of sp³-hybridized carbons (Fsp3) is 0.175. The fourth-order valence-corrected chi connectivity index (χ4v) is 15.3. The molecule has 0 amide bonds. The van der Waals surface area contributed by atoms with E-state index in [1.165, 1.54) is 99.4 Å². The second kappa shape index (κ2) is 48.1. The predicted molar refractivity (Wildman–Crippen MR) is 572 cm³/mol. The van der Waals surface area contributed by atoms with Gasteiger partial charge in [0.2, 0.25) is 0 Å². The molecule has 17 aromatic carbocycles. The molecule has 0 saturated heterocycles. The first-order valence-corrected chi connectivity index (χ1v) is 45.3. The van der Waals surface area contributed by atoms with Crippen LogP contribution in [0.1, 0.15) is 137 Å². The Balaban J connectivity index is 0.000000174. The lowest BCUT2D eigenvalue weighted by Crippen LogP contribution is -2.17. The SMILES string of the molecule is C.C.CC.CC(C)(C)C.CC(C)(C)C.CC(C)(C)c1c(-c2ccccc2)c(-c2ccccc2)c(-c2ccccc2)c(-c2ccccc2)c1-c1ccccc1.CC(C)(C)c1c2ccccc2c(-c2ccccc2)c2ccccc12.c1ccc(-c2nc(-c3ccccc3)nc(-c3ccccc3)n2)cc1.c1ccc(-c2nc(-c3ccccc3)nc(-c3ccccc3)n2)cc1.c1ccccc1. The molecule has 0 N–H and O–H groups in total. The van der Waals surface area contributed by atoms with Crippen LogP contribution in [0.3, 0.4) is 0 Å². The van der Waals surface area contributed by atoms with Gasteiger partial charge in [-0.1, -0.05) is 575 Å². The van der Waals surface area contributed by atoms with E-state index in [1.54, 1.807) is 0 Å². The van der Waals surface area contributed by atoms with Crippen LogP contribution in [0.25, 0.3) is 157 Å². The van der Waals surface area contributed by atoms with E-state index in [4.69, 9.17) is 0 Å². The van der Waals surface area contributed by atoms with Gasteiger partial charge in [0.15, 0.2) is 34.9 Å². The molecular weight excluding hydrogens is 1600 g/mol. The molecule has 19 aromatic rings. The Hall–Kier alpha value is -14.7. The molecule has 0 unspecified atom stereocenters. The van der Waals surface area contributed by atoms with Crippen LogP contribution >= 0.6 is 0 Å². The Bertz CT molecular complexity index is 5970. The maximum Gasteiger partial charge on any atom is 0.164 e. The van der Waals surface area contributed by atoms with Gasteiger partial charge in [0.25, 0.3) is 0 Å². The van der Waals surface area contributed by atoms with Crippen LogP contribution in [-0.4, -0.2) is 29.9 Å². The number of nitrogens with zero attached hydrogens (tertiary/aromatic N) is 6. The summed E-state index contributed by atoms with van der Waals surface area (Å²) >= 11 is 0. The Labute approximate surface area is 788 Å². The van der Waals surface area contributed by atoms with E-state index >= 15 is 0 Å². The molecule has 0 atom stereocenters. The predicted octanol–water partition coefficient (Wildman–Crippen LogP) is 36.1. The summed E-state index contributed by atoms with van der Waals surface area (Å²) < 4.78 is 0. The zero-order valence-corrected chi connectivity index (χ0v) is 78.4. The van der Waals surface area contributed by atoms with Gasteiger partial charge in [-0.2, -0.15) is 0 Å². The van der Waals surface area contributed by atoms with Gasteiger partial charge in [0.1, 0.15) is 0 Å². The number of aromatic nitrogens is 6. The Morgan fingerprint density at radius 2 is 0.258 bits per heavy atom. The molecule has 2 heterocycles. The summed E-state index contributed by atoms with van der Waals surface area (Å²) in [7, 11) is 0. The fourth-order valence-electron chi connectivity index (χ4n) is 15.3. The number of hydrogen-bond acceptors (Lipinski definition) is 6. The van der Waals surface area contributed by atoms with E-state index in [-0.39, 0.29) is 25.7 Å². The van der Waals surface area contributed by atoms with Crippen LogP contribution in [0.2, 0.25) is 0 Å². The average molecular weight is 1730 g/mol. The van der Waals surface area contributed by atoms with Crippen molar-refractivity contribution in [2.45, 2.75) is 136 Å². The van der Waals surface area contributed by atoms with E-state index in [0.29, 0.717) is 45.8 Å². The third kappa shape index (κ3) is 27.7.